The molecular formula is C15H21N3O2S. The number of nitrogens with zero attached hydrogens (tertiary/aromatic N) is 2. The van der Waals surface area contributed by atoms with E-state index in [1.807, 2.05) is 50.2 Å². The number of hydrogen-bond acceptors (Lipinski definition) is 5. The lowest BCUT2D eigenvalue weighted by Crippen LogP contribution is -2.45. The molecule has 2 heterocycles. The van der Waals surface area contributed by atoms with Crippen LogP contribution in [0.2, 0.25) is 0 Å². The molecule has 0 spiro atoms. The quantitative estimate of drug-likeness (QED) is 0.923. The number of rotatable bonds is 5. The number of hydrogen-bond donors (Lipinski definition) is 1. The summed E-state index contributed by atoms with van der Waals surface area (Å²) in [6.07, 6.45) is 1.65. The van der Waals surface area contributed by atoms with E-state index < -0.39 is 0 Å². The molecule has 114 valence electrons. The zero-order valence-corrected chi connectivity index (χ0v) is 13.7. The molecule has 21 heavy (non-hydrogen) atoms. The van der Waals surface area contributed by atoms with E-state index in [1.54, 1.807) is 17.6 Å². The zero-order chi connectivity index (χ0) is 15.5. The second-order valence-corrected chi connectivity index (χ2v) is 7.04. The number of carbonyl (C=O) groups excluding carboxylic acids is 1. The maximum absolute atomic E-state index is 11.9. The molecule has 2 aromatic rings. The Hall–Kier alpha value is -1.66. The van der Waals surface area contributed by atoms with E-state index >= 15 is 0 Å². The number of likely N-dealkylation sites (N-methyl/N-ethyl adjacent to an activating group) is 1. The molecule has 0 aliphatic carbocycles. The first kappa shape index (κ1) is 15.7. The van der Waals surface area contributed by atoms with Crippen LogP contribution in [0.5, 0.6) is 0 Å². The van der Waals surface area contributed by atoms with Gasteiger partial charge in [-0.2, -0.15) is 0 Å². The van der Waals surface area contributed by atoms with Gasteiger partial charge in [0.1, 0.15) is 6.26 Å². The molecule has 0 atom stereocenters. The van der Waals surface area contributed by atoms with Gasteiger partial charge in [-0.05, 0) is 39.3 Å². The predicted molar refractivity (Wildman–Crippen MR) is 84.0 cm³/mol. The average Bonchev–Trinajstić information content (AvgIpc) is 2.94. The number of aromatic nitrogens is 1. The second kappa shape index (κ2) is 6.41. The summed E-state index contributed by atoms with van der Waals surface area (Å²) >= 11 is 1.59. The zero-order valence-electron chi connectivity index (χ0n) is 12.8. The Morgan fingerprint density at radius 1 is 1.48 bits per heavy atom. The minimum atomic E-state index is -0.210. The third-order valence-electron chi connectivity index (χ3n) is 2.64. The van der Waals surface area contributed by atoms with Crippen molar-refractivity contribution in [3.05, 3.63) is 29.5 Å². The fourth-order valence-electron chi connectivity index (χ4n) is 1.93. The molecule has 0 saturated carbocycles. The van der Waals surface area contributed by atoms with E-state index in [4.69, 9.17) is 4.42 Å². The first-order chi connectivity index (χ1) is 9.83. The molecule has 1 amide bonds. The summed E-state index contributed by atoms with van der Waals surface area (Å²) < 4.78 is 5.47. The van der Waals surface area contributed by atoms with Gasteiger partial charge in [0.05, 0.1) is 17.1 Å². The third kappa shape index (κ3) is 4.99. The van der Waals surface area contributed by atoms with Crippen LogP contribution in [0.25, 0.3) is 10.8 Å². The van der Waals surface area contributed by atoms with Crippen molar-refractivity contribution in [2.24, 2.45) is 0 Å². The second-order valence-electron chi connectivity index (χ2n) is 6.09. The first-order valence-electron chi connectivity index (χ1n) is 6.81. The van der Waals surface area contributed by atoms with Crippen LogP contribution in [-0.2, 0) is 11.3 Å². The highest BCUT2D eigenvalue weighted by atomic mass is 32.1. The van der Waals surface area contributed by atoms with Crippen molar-refractivity contribution in [3.63, 3.8) is 0 Å². The van der Waals surface area contributed by atoms with Crippen LogP contribution in [0.1, 0.15) is 26.5 Å². The Morgan fingerprint density at radius 3 is 2.86 bits per heavy atom. The van der Waals surface area contributed by atoms with Crippen molar-refractivity contribution in [2.75, 3.05) is 13.6 Å². The summed E-state index contributed by atoms with van der Waals surface area (Å²) in [5.41, 5.74) is 0.613. The molecule has 1 N–H and O–H groups in total. The van der Waals surface area contributed by atoms with E-state index in [0.717, 1.165) is 10.6 Å². The Kier molecular flexibility index (Phi) is 4.80. The number of nitrogens with one attached hydrogen (secondary N) is 1. The van der Waals surface area contributed by atoms with Crippen molar-refractivity contribution in [1.29, 1.82) is 0 Å². The first-order valence-corrected chi connectivity index (χ1v) is 7.69. The van der Waals surface area contributed by atoms with Crippen LogP contribution in [0.4, 0.5) is 0 Å². The normalized spacial score (nSPS) is 11.9. The third-order valence-corrected chi connectivity index (χ3v) is 3.50. The van der Waals surface area contributed by atoms with Gasteiger partial charge in [-0.1, -0.05) is 6.07 Å². The minimum Gasteiger partial charge on any atom is -0.444 e. The largest absolute Gasteiger partial charge is 0.444 e. The van der Waals surface area contributed by atoms with Crippen molar-refractivity contribution in [2.45, 2.75) is 32.9 Å². The molecular weight excluding hydrogens is 286 g/mol. The van der Waals surface area contributed by atoms with Crippen molar-refractivity contribution < 1.29 is 9.21 Å². The highest BCUT2D eigenvalue weighted by Crippen LogP contribution is 2.23. The molecule has 0 radical (unpaired) electrons. The maximum Gasteiger partial charge on any atom is 0.236 e. The van der Waals surface area contributed by atoms with Gasteiger partial charge in [0.15, 0.2) is 0 Å². The monoisotopic (exact) mass is 307 g/mol. The Morgan fingerprint density at radius 2 is 2.24 bits per heavy atom. The van der Waals surface area contributed by atoms with Crippen molar-refractivity contribution in [3.8, 4) is 10.8 Å². The predicted octanol–water partition coefficient (Wildman–Crippen LogP) is 2.75. The van der Waals surface area contributed by atoms with Gasteiger partial charge in [0.2, 0.25) is 11.8 Å². The lowest BCUT2D eigenvalue weighted by atomic mass is 10.1. The number of carbonyl (C=O) groups is 1. The number of thiophene rings is 1. The topological polar surface area (TPSA) is 58.4 Å². The molecule has 0 bridgehead atoms. The molecule has 0 unspecified atom stereocenters. The molecule has 0 aromatic carbocycles. The standard InChI is InChI=1S/C15H21N3O2S/c1-15(2,3)17-13(19)9-18(4)8-11-10-20-14(16-11)12-6-5-7-21-12/h5-7,10H,8-9H2,1-4H3,(H,17,19). The Balaban J connectivity index is 1.88. The molecule has 6 heteroatoms. The highest BCUT2D eigenvalue weighted by molar-refractivity contribution is 7.13. The van der Waals surface area contributed by atoms with E-state index in [0.29, 0.717) is 19.0 Å². The summed E-state index contributed by atoms with van der Waals surface area (Å²) in [4.78, 5) is 19.2. The number of amides is 1. The van der Waals surface area contributed by atoms with Gasteiger partial charge in [-0.25, -0.2) is 4.98 Å². The van der Waals surface area contributed by atoms with Crippen LogP contribution < -0.4 is 5.32 Å². The van der Waals surface area contributed by atoms with E-state index in [-0.39, 0.29) is 11.4 Å². The van der Waals surface area contributed by atoms with E-state index in [9.17, 15) is 4.79 Å². The van der Waals surface area contributed by atoms with Gasteiger partial charge in [0, 0.05) is 12.1 Å². The van der Waals surface area contributed by atoms with Crippen LogP contribution >= 0.6 is 11.3 Å². The van der Waals surface area contributed by atoms with Gasteiger partial charge in [0.25, 0.3) is 0 Å². The van der Waals surface area contributed by atoms with Crippen LogP contribution in [0.15, 0.2) is 28.2 Å². The molecule has 0 aliphatic rings. The van der Waals surface area contributed by atoms with E-state index in [2.05, 4.69) is 10.3 Å². The van der Waals surface area contributed by atoms with Crippen molar-refractivity contribution in [1.82, 2.24) is 15.2 Å². The molecule has 0 saturated heterocycles. The summed E-state index contributed by atoms with van der Waals surface area (Å²) in [5.74, 6) is 0.638. The van der Waals surface area contributed by atoms with Gasteiger partial charge >= 0.3 is 0 Å². The summed E-state index contributed by atoms with van der Waals surface area (Å²) in [6, 6.07) is 3.94. The maximum atomic E-state index is 11.9. The summed E-state index contributed by atoms with van der Waals surface area (Å²) in [5, 5.41) is 4.93. The van der Waals surface area contributed by atoms with Gasteiger partial charge < -0.3 is 9.73 Å². The Labute approximate surface area is 129 Å². The van der Waals surface area contributed by atoms with Crippen molar-refractivity contribution >= 4 is 17.2 Å². The van der Waals surface area contributed by atoms with E-state index in [1.165, 1.54) is 0 Å². The fraction of sp³-hybridized carbons (Fsp3) is 0.467. The minimum absolute atomic E-state index is 0.00646. The summed E-state index contributed by atoms with van der Waals surface area (Å²) in [7, 11) is 1.89. The fourth-order valence-corrected chi connectivity index (χ4v) is 2.58. The van der Waals surface area contributed by atoms with Crippen LogP contribution in [0.3, 0.4) is 0 Å². The Bertz CT molecular complexity index is 584. The molecule has 5 nitrogen and oxygen atoms in total. The van der Waals surface area contributed by atoms with Crippen LogP contribution in [-0.4, -0.2) is 34.9 Å². The lowest BCUT2D eigenvalue weighted by molar-refractivity contribution is -0.123. The number of oxazole rings is 1. The van der Waals surface area contributed by atoms with Crippen LogP contribution in [0, 0.1) is 0 Å². The molecule has 2 rings (SSSR count). The summed E-state index contributed by atoms with van der Waals surface area (Å²) in [6.45, 7) is 6.81. The molecule has 0 fully saturated rings. The molecule has 0 aliphatic heterocycles. The highest BCUT2D eigenvalue weighted by Gasteiger charge is 2.16. The lowest BCUT2D eigenvalue weighted by Gasteiger charge is -2.22. The van der Waals surface area contributed by atoms with Gasteiger partial charge in [-0.15, -0.1) is 11.3 Å². The van der Waals surface area contributed by atoms with Gasteiger partial charge in [-0.3, -0.25) is 9.69 Å². The molecule has 2 aromatic heterocycles. The smallest absolute Gasteiger partial charge is 0.236 e. The average molecular weight is 307 g/mol. The SMILES string of the molecule is CN(CC(=O)NC(C)(C)C)Cc1coc(-c2cccs2)n1.